The molecule has 7 nitrogen and oxygen atoms in total. The van der Waals surface area contributed by atoms with E-state index in [4.69, 9.17) is 0 Å². The van der Waals surface area contributed by atoms with Gasteiger partial charge in [0.15, 0.2) is 5.82 Å². The molecule has 0 atom stereocenters. The van der Waals surface area contributed by atoms with Crippen LogP contribution in [0.1, 0.15) is 35.3 Å². The molecule has 0 saturated carbocycles. The number of amides is 1. The maximum Gasteiger partial charge on any atom is 0.267 e. The van der Waals surface area contributed by atoms with Gasteiger partial charge in [-0.25, -0.2) is 9.67 Å². The number of anilines is 1. The average Bonchev–Trinajstić information content (AvgIpc) is 3.16. The van der Waals surface area contributed by atoms with E-state index in [-0.39, 0.29) is 11.9 Å². The Morgan fingerprint density at radius 3 is 2.78 bits per heavy atom. The summed E-state index contributed by atoms with van der Waals surface area (Å²) in [6.45, 7) is 5.82. The molecule has 2 aromatic heterocycles. The highest BCUT2D eigenvalue weighted by molar-refractivity contribution is 7.12. The van der Waals surface area contributed by atoms with Crippen LogP contribution in [-0.2, 0) is 0 Å². The summed E-state index contributed by atoms with van der Waals surface area (Å²) in [5.41, 5.74) is 3.83. The second-order valence-electron chi connectivity index (χ2n) is 5.31. The third-order valence-corrected chi connectivity index (χ3v) is 4.28. The number of tetrazole rings is 1. The van der Waals surface area contributed by atoms with E-state index in [9.17, 15) is 4.79 Å². The van der Waals surface area contributed by atoms with E-state index in [1.807, 2.05) is 45.0 Å². The minimum Gasteiger partial charge on any atom is -0.321 e. The van der Waals surface area contributed by atoms with Crippen molar-refractivity contribution in [2.24, 2.45) is 0 Å². The molecule has 8 heteroatoms. The van der Waals surface area contributed by atoms with Crippen molar-refractivity contribution in [3.8, 4) is 11.4 Å². The highest BCUT2D eigenvalue weighted by Crippen LogP contribution is 2.28. The standard InChI is InChI=1S/C15H16N6OS/c1-9(2)21-14(18-19-20-21)11-6-4-5-7-12(11)17-15(22)13-10(3)16-8-23-13/h4-9H,1-3H3,(H,17,22). The largest absolute Gasteiger partial charge is 0.321 e. The van der Waals surface area contributed by atoms with Crippen LogP contribution < -0.4 is 5.32 Å². The van der Waals surface area contributed by atoms with Gasteiger partial charge in [-0.1, -0.05) is 12.1 Å². The molecule has 1 aromatic carbocycles. The Morgan fingerprint density at radius 2 is 2.09 bits per heavy atom. The summed E-state index contributed by atoms with van der Waals surface area (Å²) >= 11 is 1.32. The third-order valence-electron chi connectivity index (χ3n) is 3.35. The molecule has 0 aliphatic heterocycles. The Hall–Kier alpha value is -2.61. The summed E-state index contributed by atoms with van der Waals surface area (Å²) < 4.78 is 1.73. The van der Waals surface area contributed by atoms with Crippen LogP contribution in [0.3, 0.4) is 0 Å². The quantitative estimate of drug-likeness (QED) is 0.796. The number of para-hydroxylation sites is 1. The molecular formula is C15H16N6OS. The van der Waals surface area contributed by atoms with Crippen LogP contribution in [-0.4, -0.2) is 31.1 Å². The summed E-state index contributed by atoms with van der Waals surface area (Å²) in [6.07, 6.45) is 0. The smallest absolute Gasteiger partial charge is 0.267 e. The number of thiazole rings is 1. The van der Waals surface area contributed by atoms with Crippen molar-refractivity contribution >= 4 is 22.9 Å². The lowest BCUT2D eigenvalue weighted by Gasteiger charge is -2.12. The first kappa shape index (κ1) is 15.3. The third kappa shape index (κ3) is 2.98. The van der Waals surface area contributed by atoms with Gasteiger partial charge in [-0.15, -0.1) is 16.4 Å². The SMILES string of the molecule is Cc1ncsc1C(=O)Nc1ccccc1-c1nnnn1C(C)C. The summed E-state index contributed by atoms with van der Waals surface area (Å²) in [5, 5.41) is 14.8. The molecule has 2 heterocycles. The minimum absolute atomic E-state index is 0.118. The Balaban J connectivity index is 1.97. The molecule has 0 unspecified atom stereocenters. The molecule has 3 rings (SSSR count). The van der Waals surface area contributed by atoms with Gasteiger partial charge in [-0.3, -0.25) is 4.79 Å². The fraction of sp³-hybridized carbons (Fsp3) is 0.267. The summed E-state index contributed by atoms with van der Waals surface area (Å²) in [5.74, 6) is 0.443. The number of nitrogens with zero attached hydrogens (tertiary/aromatic N) is 5. The van der Waals surface area contributed by atoms with Crippen LogP contribution in [0.2, 0.25) is 0 Å². The van der Waals surface area contributed by atoms with Gasteiger partial charge in [-0.05, 0) is 43.3 Å². The molecule has 3 aromatic rings. The van der Waals surface area contributed by atoms with E-state index >= 15 is 0 Å². The van der Waals surface area contributed by atoms with E-state index in [0.29, 0.717) is 16.4 Å². The van der Waals surface area contributed by atoms with Gasteiger partial charge in [0.25, 0.3) is 5.91 Å². The number of aryl methyl sites for hydroxylation is 1. The van der Waals surface area contributed by atoms with Crippen molar-refractivity contribution in [3.63, 3.8) is 0 Å². The number of aromatic nitrogens is 5. The number of hydrogen-bond donors (Lipinski definition) is 1. The van der Waals surface area contributed by atoms with Gasteiger partial charge in [0.2, 0.25) is 0 Å². The van der Waals surface area contributed by atoms with Crippen LogP contribution >= 0.6 is 11.3 Å². The fourth-order valence-electron chi connectivity index (χ4n) is 2.20. The lowest BCUT2D eigenvalue weighted by molar-refractivity contribution is 0.103. The summed E-state index contributed by atoms with van der Waals surface area (Å²) in [4.78, 5) is 17.1. The van der Waals surface area contributed by atoms with E-state index in [1.54, 1.807) is 10.2 Å². The van der Waals surface area contributed by atoms with Crippen molar-refractivity contribution in [1.82, 2.24) is 25.2 Å². The van der Waals surface area contributed by atoms with E-state index in [0.717, 1.165) is 11.3 Å². The predicted octanol–water partition coefficient (Wildman–Crippen LogP) is 2.94. The second kappa shape index (κ2) is 6.25. The van der Waals surface area contributed by atoms with Gasteiger partial charge < -0.3 is 5.32 Å². The Morgan fingerprint density at radius 1 is 1.30 bits per heavy atom. The van der Waals surface area contributed by atoms with Crippen LogP contribution in [0, 0.1) is 6.92 Å². The first-order valence-electron chi connectivity index (χ1n) is 7.16. The number of hydrogen-bond acceptors (Lipinski definition) is 6. The van der Waals surface area contributed by atoms with Crippen molar-refractivity contribution in [3.05, 3.63) is 40.3 Å². The van der Waals surface area contributed by atoms with Gasteiger partial charge in [0.05, 0.1) is 22.9 Å². The van der Waals surface area contributed by atoms with Crippen LogP contribution in [0.15, 0.2) is 29.8 Å². The molecule has 0 spiro atoms. The minimum atomic E-state index is -0.180. The highest BCUT2D eigenvalue weighted by Gasteiger charge is 2.18. The van der Waals surface area contributed by atoms with Crippen molar-refractivity contribution < 1.29 is 4.79 Å². The van der Waals surface area contributed by atoms with Crippen molar-refractivity contribution in [2.75, 3.05) is 5.32 Å². The number of nitrogens with one attached hydrogen (secondary N) is 1. The highest BCUT2D eigenvalue weighted by atomic mass is 32.1. The maximum atomic E-state index is 12.4. The topological polar surface area (TPSA) is 85.6 Å². The zero-order chi connectivity index (χ0) is 16.4. The summed E-state index contributed by atoms with van der Waals surface area (Å²) in [7, 11) is 0. The average molecular weight is 328 g/mol. The lowest BCUT2D eigenvalue weighted by atomic mass is 10.1. The molecule has 0 fully saturated rings. The number of benzene rings is 1. The Bertz CT molecular complexity index is 838. The number of carbonyl (C=O) groups is 1. The Kier molecular flexibility index (Phi) is 4.16. The van der Waals surface area contributed by atoms with Gasteiger partial charge in [-0.2, -0.15) is 0 Å². The first-order chi connectivity index (χ1) is 11.1. The normalized spacial score (nSPS) is 11.0. The molecule has 118 valence electrons. The van der Waals surface area contributed by atoms with Crippen LogP contribution in [0.25, 0.3) is 11.4 Å². The van der Waals surface area contributed by atoms with Gasteiger partial charge in [0.1, 0.15) is 4.88 Å². The number of rotatable bonds is 4. The molecule has 0 bridgehead atoms. The number of carbonyl (C=O) groups excluding carboxylic acids is 1. The molecule has 23 heavy (non-hydrogen) atoms. The predicted molar refractivity (Wildman–Crippen MR) is 88.4 cm³/mol. The molecule has 0 saturated heterocycles. The van der Waals surface area contributed by atoms with Crippen LogP contribution in [0.4, 0.5) is 5.69 Å². The molecule has 0 radical (unpaired) electrons. The monoisotopic (exact) mass is 328 g/mol. The fourth-order valence-corrected chi connectivity index (χ4v) is 2.90. The Labute approximate surface area is 137 Å². The molecule has 1 N–H and O–H groups in total. The van der Waals surface area contributed by atoms with Crippen LogP contribution in [0.5, 0.6) is 0 Å². The van der Waals surface area contributed by atoms with E-state index < -0.39 is 0 Å². The molecule has 0 aliphatic rings. The molecular weight excluding hydrogens is 312 g/mol. The molecule has 0 aliphatic carbocycles. The maximum absolute atomic E-state index is 12.4. The zero-order valence-corrected chi connectivity index (χ0v) is 13.8. The van der Waals surface area contributed by atoms with E-state index in [2.05, 4.69) is 25.8 Å². The van der Waals surface area contributed by atoms with Gasteiger partial charge in [0, 0.05) is 5.56 Å². The zero-order valence-electron chi connectivity index (χ0n) is 13.0. The van der Waals surface area contributed by atoms with Crippen molar-refractivity contribution in [1.29, 1.82) is 0 Å². The van der Waals surface area contributed by atoms with E-state index in [1.165, 1.54) is 11.3 Å². The molecule has 1 amide bonds. The lowest BCUT2D eigenvalue weighted by Crippen LogP contribution is -2.13. The van der Waals surface area contributed by atoms with Gasteiger partial charge >= 0.3 is 0 Å². The second-order valence-corrected chi connectivity index (χ2v) is 6.16. The first-order valence-corrected chi connectivity index (χ1v) is 8.04. The summed E-state index contributed by atoms with van der Waals surface area (Å²) in [6, 6.07) is 7.60. The van der Waals surface area contributed by atoms with Crippen molar-refractivity contribution in [2.45, 2.75) is 26.8 Å².